The average Bonchev–Trinajstić information content (AvgIpc) is 3.35. The minimum absolute atomic E-state index is 0.0243. The largest absolute Gasteiger partial charge is 0.496 e. The second-order valence-electron chi connectivity index (χ2n) is 8.11. The molecule has 1 aromatic heterocycles. The third kappa shape index (κ3) is 4.89. The minimum atomic E-state index is -0.390. The number of para-hydroxylation sites is 1. The summed E-state index contributed by atoms with van der Waals surface area (Å²) in [6, 6.07) is 11.8. The van der Waals surface area contributed by atoms with Crippen LogP contribution in [0.2, 0.25) is 0 Å². The van der Waals surface area contributed by atoms with E-state index < -0.39 is 5.92 Å². The Morgan fingerprint density at radius 2 is 2.03 bits per heavy atom. The molecule has 0 amide bonds. The highest BCUT2D eigenvalue weighted by atomic mass is 32.2. The van der Waals surface area contributed by atoms with E-state index in [2.05, 4.69) is 12.2 Å². The van der Waals surface area contributed by atoms with Gasteiger partial charge in [-0.2, -0.15) is 11.8 Å². The van der Waals surface area contributed by atoms with Crippen molar-refractivity contribution in [2.45, 2.75) is 38.5 Å². The van der Waals surface area contributed by atoms with Crippen LogP contribution in [0.25, 0.3) is 0 Å². The van der Waals surface area contributed by atoms with Crippen LogP contribution in [0, 0.1) is 0 Å². The summed E-state index contributed by atoms with van der Waals surface area (Å²) >= 11 is 3.30. The standard InChI is InChI=1S/C26H29NO4S2/c1-4-32-13-11-31-26(29)23-16(2)27-19-14-17(18-8-5-6-9-21(18)30-3)15-20(28)24(19)25(23)22-10-7-12-33-22/h5-10,12,17,25,27H,4,11,13-15H2,1-3H3/t17-,25+/m0/s1. The summed E-state index contributed by atoms with van der Waals surface area (Å²) in [6.07, 6.45) is 1.08. The zero-order valence-corrected chi connectivity index (χ0v) is 20.8. The van der Waals surface area contributed by atoms with Crippen LogP contribution in [0.15, 0.2) is 64.3 Å². The lowest BCUT2D eigenvalue weighted by Gasteiger charge is -2.36. The molecular formula is C26H29NO4S2. The van der Waals surface area contributed by atoms with Crippen molar-refractivity contribution in [3.05, 3.63) is 74.8 Å². The molecule has 1 aliphatic heterocycles. The third-order valence-corrected chi connectivity index (χ3v) is 7.92. The molecule has 5 nitrogen and oxygen atoms in total. The lowest BCUT2D eigenvalue weighted by Crippen LogP contribution is -2.36. The summed E-state index contributed by atoms with van der Waals surface area (Å²) in [5.41, 5.74) is 3.94. The number of thiophene rings is 1. The summed E-state index contributed by atoms with van der Waals surface area (Å²) in [6.45, 7) is 4.35. The van der Waals surface area contributed by atoms with E-state index in [0.717, 1.165) is 39.1 Å². The van der Waals surface area contributed by atoms with Crippen molar-refractivity contribution >= 4 is 34.9 Å². The number of benzene rings is 1. The molecule has 1 N–H and O–H groups in total. The number of hydrogen-bond acceptors (Lipinski definition) is 7. The second kappa shape index (κ2) is 10.6. The van der Waals surface area contributed by atoms with Gasteiger partial charge in [0.2, 0.25) is 0 Å². The van der Waals surface area contributed by atoms with Gasteiger partial charge in [0.05, 0.1) is 18.6 Å². The lowest BCUT2D eigenvalue weighted by atomic mass is 9.73. The van der Waals surface area contributed by atoms with Crippen molar-refractivity contribution in [2.24, 2.45) is 0 Å². The number of thioether (sulfide) groups is 1. The number of rotatable bonds is 8. The number of nitrogens with one attached hydrogen (secondary N) is 1. The summed E-state index contributed by atoms with van der Waals surface area (Å²) in [7, 11) is 1.66. The Kier molecular flexibility index (Phi) is 7.60. The second-order valence-corrected chi connectivity index (χ2v) is 10.5. The van der Waals surface area contributed by atoms with Gasteiger partial charge in [-0.15, -0.1) is 11.3 Å². The molecule has 4 rings (SSSR count). The fourth-order valence-corrected chi connectivity index (χ4v) is 6.02. The molecule has 1 aromatic carbocycles. The van der Waals surface area contributed by atoms with Gasteiger partial charge >= 0.3 is 5.97 Å². The van der Waals surface area contributed by atoms with Gasteiger partial charge in [0, 0.05) is 39.9 Å². The smallest absolute Gasteiger partial charge is 0.336 e. The maximum absolute atomic E-state index is 13.6. The molecule has 33 heavy (non-hydrogen) atoms. The lowest BCUT2D eigenvalue weighted by molar-refractivity contribution is -0.138. The monoisotopic (exact) mass is 483 g/mol. The van der Waals surface area contributed by atoms with Crippen LogP contribution < -0.4 is 10.1 Å². The van der Waals surface area contributed by atoms with Crippen LogP contribution in [-0.4, -0.2) is 37.0 Å². The van der Waals surface area contributed by atoms with E-state index >= 15 is 0 Å². The molecule has 7 heteroatoms. The number of Topliss-reactive ketones (excluding diaryl/α,β-unsaturated/α-hetero) is 1. The van der Waals surface area contributed by atoms with Crippen molar-refractivity contribution in [1.29, 1.82) is 0 Å². The molecule has 2 atom stereocenters. The zero-order valence-electron chi connectivity index (χ0n) is 19.2. The molecule has 0 saturated carbocycles. The number of carbonyl (C=O) groups is 2. The van der Waals surface area contributed by atoms with E-state index in [-0.39, 0.29) is 17.7 Å². The van der Waals surface area contributed by atoms with E-state index in [0.29, 0.717) is 30.6 Å². The van der Waals surface area contributed by atoms with Gasteiger partial charge in [0.1, 0.15) is 12.4 Å². The first kappa shape index (κ1) is 23.6. The van der Waals surface area contributed by atoms with Crippen LogP contribution >= 0.6 is 23.1 Å². The predicted molar refractivity (Wildman–Crippen MR) is 134 cm³/mol. The maximum atomic E-state index is 13.6. The number of ether oxygens (including phenoxy) is 2. The Bertz CT molecular complexity index is 1090. The number of allylic oxidation sites excluding steroid dienone is 3. The first-order valence-corrected chi connectivity index (χ1v) is 13.2. The summed E-state index contributed by atoms with van der Waals surface area (Å²) in [5, 5.41) is 5.39. The quantitative estimate of drug-likeness (QED) is 0.400. The minimum Gasteiger partial charge on any atom is -0.496 e. The van der Waals surface area contributed by atoms with Crippen molar-refractivity contribution in [3.8, 4) is 5.75 Å². The number of dihydropyridines is 1. The van der Waals surface area contributed by atoms with Crippen LogP contribution in [-0.2, 0) is 14.3 Å². The summed E-state index contributed by atoms with van der Waals surface area (Å²) < 4.78 is 11.2. The number of methoxy groups -OCH3 is 1. The van der Waals surface area contributed by atoms with Gasteiger partial charge in [-0.3, -0.25) is 4.79 Å². The molecule has 2 aliphatic rings. The van der Waals surface area contributed by atoms with Crippen molar-refractivity contribution < 1.29 is 19.1 Å². The van der Waals surface area contributed by atoms with Gasteiger partial charge < -0.3 is 14.8 Å². The molecule has 0 spiro atoms. The number of ketones is 1. The Morgan fingerprint density at radius 1 is 1.21 bits per heavy atom. The summed E-state index contributed by atoms with van der Waals surface area (Å²) in [5.74, 6) is 1.90. The Labute approximate surface area is 203 Å². The first-order valence-electron chi connectivity index (χ1n) is 11.2. The average molecular weight is 484 g/mol. The van der Waals surface area contributed by atoms with E-state index in [9.17, 15) is 9.59 Å². The molecule has 0 fully saturated rings. The maximum Gasteiger partial charge on any atom is 0.336 e. The molecule has 2 aromatic rings. The van der Waals surface area contributed by atoms with Gasteiger partial charge in [-0.05, 0) is 42.2 Å². The first-order chi connectivity index (χ1) is 16.0. The third-order valence-electron chi connectivity index (χ3n) is 6.12. The van der Waals surface area contributed by atoms with E-state index in [1.165, 1.54) is 0 Å². The van der Waals surface area contributed by atoms with E-state index in [1.54, 1.807) is 30.2 Å². The van der Waals surface area contributed by atoms with Crippen molar-refractivity contribution in [3.63, 3.8) is 0 Å². The number of esters is 1. The molecule has 2 heterocycles. The zero-order chi connectivity index (χ0) is 23.4. The Balaban J connectivity index is 1.68. The van der Waals surface area contributed by atoms with Crippen LogP contribution in [0.1, 0.15) is 49.0 Å². The predicted octanol–water partition coefficient (Wildman–Crippen LogP) is 5.41. The molecule has 0 unspecified atom stereocenters. The van der Waals surface area contributed by atoms with Crippen LogP contribution in [0.3, 0.4) is 0 Å². The van der Waals surface area contributed by atoms with Crippen LogP contribution in [0.5, 0.6) is 5.75 Å². The number of hydrogen-bond donors (Lipinski definition) is 1. The van der Waals surface area contributed by atoms with Gasteiger partial charge in [0.25, 0.3) is 0 Å². The molecule has 0 radical (unpaired) electrons. The highest BCUT2D eigenvalue weighted by Gasteiger charge is 2.42. The fraction of sp³-hybridized carbons (Fsp3) is 0.385. The van der Waals surface area contributed by atoms with Gasteiger partial charge in [-0.25, -0.2) is 4.79 Å². The molecule has 1 aliphatic carbocycles. The van der Waals surface area contributed by atoms with Crippen molar-refractivity contribution in [1.82, 2.24) is 5.32 Å². The Hall–Kier alpha value is -2.51. The van der Waals surface area contributed by atoms with Crippen molar-refractivity contribution in [2.75, 3.05) is 25.2 Å². The normalized spacial score (nSPS) is 20.4. The van der Waals surface area contributed by atoms with E-state index in [1.807, 2.05) is 48.7 Å². The number of carbonyl (C=O) groups excluding carboxylic acids is 2. The van der Waals surface area contributed by atoms with Gasteiger partial charge in [-0.1, -0.05) is 31.2 Å². The van der Waals surface area contributed by atoms with Gasteiger partial charge in [0.15, 0.2) is 5.78 Å². The summed E-state index contributed by atoms with van der Waals surface area (Å²) in [4.78, 5) is 27.7. The fourth-order valence-electron chi connectivity index (χ4n) is 4.69. The molecular weight excluding hydrogens is 454 g/mol. The van der Waals surface area contributed by atoms with Crippen LogP contribution in [0.4, 0.5) is 0 Å². The molecule has 0 bridgehead atoms. The topological polar surface area (TPSA) is 64.6 Å². The highest BCUT2D eigenvalue weighted by molar-refractivity contribution is 7.99. The van der Waals surface area contributed by atoms with E-state index in [4.69, 9.17) is 9.47 Å². The SMILES string of the molecule is CCSCCOC(=O)C1=C(C)NC2=C(C(=O)C[C@@H](c3ccccc3OC)C2)[C@@H]1c1cccs1. The highest BCUT2D eigenvalue weighted by Crippen LogP contribution is 2.47. The molecule has 0 saturated heterocycles. The Morgan fingerprint density at radius 3 is 2.76 bits per heavy atom. The molecule has 174 valence electrons.